The lowest BCUT2D eigenvalue weighted by molar-refractivity contribution is -0.912. The van der Waals surface area contributed by atoms with E-state index in [1.807, 2.05) is 19.1 Å². The quantitative estimate of drug-likeness (QED) is 0.914. The molecule has 0 aliphatic heterocycles. The monoisotopic (exact) mass is 260 g/mol. The maximum Gasteiger partial charge on any atom is 0.151 e. The molecule has 0 bridgehead atoms. The Morgan fingerprint density at radius 1 is 1.39 bits per heavy atom. The summed E-state index contributed by atoms with van der Waals surface area (Å²) in [5.74, 6) is 0.0850. The first-order valence-electron chi connectivity index (χ1n) is 6.19. The van der Waals surface area contributed by atoms with E-state index in [0.29, 0.717) is 6.04 Å². The van der Waals surface area contributed by atoms with Crippen molar-refractivity contribution < 1.29 is 4.90 Å². The van der Waals surface area contributed by atoms with Crippen LogP contribution in [0.25, 0.3) is 10.2 Å². The molecule has 0 aliphatic rings. The van der Waals surface area contributed by atoms with E-state index in [1.165, 1.54) is 9.60 Å². The molecule has 0 saturated heterocycles. The van der Waals surface area contributed by atoms with Crippen molar-refractivity contribution in [3.8, 4) is 6.07 Å². The van der Waals surface area contributed by atoms with E-state index in [1.54, 1.807) is 11.3 Å². The molecule has 1 aromatic heterocycles. The van der Waals surface area contributed by atoms with Crippen LogP contribution in [0.1, 0.15) is 24.9 Å². The number of benzene rings is 1. The molecule has 0 fully saturated rings. The second-order valence-electron chi connectivity index (χ2n) is 4.82. The van der Waals surface area contributed by atoms with Crippen molar-refractivity contribution in [1.29, 1.82) is 5.26 Å². The Kier molecular flexibility index (Phi) is 3.95. The molecule has 2 rings (SSSR count). The standard InChI is InChI=1S/C14H17N3S/c1-10(8-15)9-17(3)11(2)14-16-12-6-4-5-7-13(12)18-14/h4-7,10-11H,9H2,1-3H3/p+1/t10-,11+/m1/s1. The van der Waals surface area contributed by atoms with Crippen molar-refractivity contribution >= 4 is 21.6 Å². The fourth-order valence-electron chi connectivity index (χ4n) is 1.99. The van der Waals surface area contributed by atoms with E-state index in [0.717, 1.165) is 17.1 Å². The van der Waals surface area contributed by atoms with Gasteiger partial charge in [-0.25, -0.2) is 4.98 Å². The maximum absolute atomic E-state index is 8.87. The highest BCUT2D eigenvalue weighted by Crippen LogP contribution is 2.24. The van der Waals surface area contributed by atoms with Gasteiger partial charge in [-0.15, -0.1) is 11.3 Å². The van der Waals surface area contributed by atoms with Gasteiger partial charge in [0.25, 0.3) is 0 Å². The summed E-state index contributed by atoms with van der Waals surface area (Å²) in [6.45, 7) is 5.00. The van der Waals surface area contributed by atoms with Gasteiger partial charge in [-0.2, -0.15) is 5.26 Å². The van der Waals surface area contributed by atoms with E-state index in [9.17, 15) is 0 Å². The van der Waals surface area contributed by atoms with Crippen molar-refractivity contribution in [1.82, 2.24) is 4.98 Å². The topological polar surface area (TPSA) is 41.1 Å². The number of hydrogen-bond acceptors (Lipinski definition) is 3. The molecule has 2 aromatic rings. The van der Waals surface area contributed by atoms with Crippen LogP contribution in [0.5, 0.6) is 0 Å². The molecular weight excluding hydrogens is 242 g/mol. The SMILES string of the molecule is C[C@H](C#N)C[NH+](C)[C@@H](C)c1nc2ccccc2s1. The zero-order valence-corrected chi connectivity index (χ0v) is 11.8. The number of quaternary nitrogens is 1. The third-order valence-corrected chi connectivity index (χ3v) is 4.49. The van der Waals surface area contributed by atoms with E-state index >= 15 is 0 Å². The average molecular weight is 260 g/mol. The van der Waals surface area contributed by atoms with Gasteiger partial charge >= 0.3 is 0 Å². The zero-order valence-electron chi connectivity index (χ0n) is 11.0. The fourth-order valence-corrected chi connectivity index (χ4v) is 3.10. The molecule has 0 spiro atoms. The number of para-hydroxylation sites is 1. The van der Waals surface area contributed by atoms with E-state index in [4.69, 9.17) is 5.26 Å². The number of nitriles is 1. The van der Waals surface area contributed by atoms with Crippen LogP contribution >= 0.6 is 11.3 Å². The van der Waals surface area contributed by atoms with Gasteiger partial charge in [0.05, 0.1) is 35.8 Å². The summed E-state index contributed by atoms with van der Waals surface area (Å²) in [5, 5.41) is 10.0. The first-order chi connectivity index (χ1) is 8.61. The molecule has 0 saturated carbocycles. The number of aromatic nitrogens is 1. The third-order valence-electron chi connectivity index (χ3n) is 3.27. The molecule has 0 amide bonds. The molecule has 94 valence electrons. The first kappa shape index (κ1) is 13.0. The van der Waals surface area contributed by atoms with Crippen molar-refractivity contribution in [3.05, 3.63) is 29.3 Å². The molecule has 3 atom stereocenters. The summed E-state index contributed by atoms with van der Waals surface area (Å²) in [7, 11) is 2.13. The van der Waals surface area contributed by atoms with Crippen LogP contribution in [0.2, 0.25) is 0 Å². The molecule has 0 aliphatic carbocycles. The van der Waals surface area contributed by atoms with Crippen LogP contribution in [0.4, 0.5) is 0 Å². The molecule has 1 heterocycles. The Morgan fingerprint density at radius 2 is 2.11 bits per heavy atom. The second-order valence-corrected chi connectivity index (χ2v) is 5.88. The lowest BCUT2D eigenvalue weighted by atomic mass is 10.2. The Hall–Kier alpha value is -1.44. The van der Waals surface area contributed by atoms with E-state index in [-0.39, 0.29) is 5.92 Å². The van der Waals surface area contributed by atoms with Gasteiger partial charge in [-0.1, -0.05) is 12.1 Å². The molecule has 18 heavy (non-hydrogen) atoms. The summed E-state index contributed by atoms with van der Waals surface area (Å²) < 4.78 is 1.24. The van der Waals surface area contributed by atoms with Crippen LogP contribution in [-0.2, 0) is 0 Å². The highest BCUT2D eigenvalue weighted by atomic mass is 32.1. The predicted molar refractivity (Wildman–Crippen MR) is 74.6 cm³/mol. The van der Waals surface area contributed by atoms with Gasteiger partial charge in [-0.3, -0.25) is 0 Å². The Morgan fingerprint density at radius 3 is 2.78 bits per heavy atom. The summed E-state index contributed by atoms with van der Waals surface area (Å²) in [4.78, 5) is 6.02. The van der Waals surface area contributed by atoms with Gasteiger partial charge in [-0.05, 0) is 26.0 Å². The fraction of sp³-hybridized carbons (Fsp3) is 0.429. The Balaban J connectivity index is 2.17. The van der Waals surface area contributed by atoms with Gasteiger partial charge in [0.15, 0.2) is 5.01 Å². The largest absolute Gasteiger partial charge is 0.328 e. The van der Waals surface area contributed by atoms with Crippen LogP contribution in [0, 0.1) is 17.2 Å². The van der Waals surface area contributed by atoms with Gasteiger partial charge in [0, 0.05) is 0 Å². The zero-order chi connectivity index (χ0) is 13.1. The van der Waals surface area contributed by atoms with E-state index in [2.05, 4.69) is 37.2 Å². The molecule has 4 heteroatoms. The lowest BCUT2D eigenvalue weighted by Crippen LogP contribution is -3.09. The maximum atomic E-state index is 8.87. The highest BCUT2D eigenvalue weighted by molar-refractivity contribution is 7.18. The van der Waals surface area contributed by atoms with Crippen molar-refractivity contribution in [2.45, 2.75) is 19.9 Å². The molecule has 1 N–H and O–H groups in total. The molecule has 1 unspecified atom stereocenters. The smallest absolute Gasteiger partial charge is 0.151 e. The summed E-state index contributed by atoms with van der Waals surface area (Å²) >= 11 is 1.75. The lowest BCUT2D eigenvalue weighted by Gasteiger charge is -2.20. The van der Waals surface area contributed by atoms with Crippen molar-refractivity contribution in [2.75, 3.05) is 13.6 Å². The molecule has 0 radical (unpaired) electrons. The number of nitrogens with zero attached hydrogens (tertiary/aromatic N) is 2. The average Bonchev–Trinajstić information content (AvgIpc) is 2.81. The number of nitrogens with one attached hydrogen (secondary N) is 1. The minimum absolute atomic E-state index is 0.0850. The number of thiazole rings is 1. The summed E-state index contributed by atoms with van der Waals surface area (Å²) in [6, 6.07) is 10.8. The van der Waals surface area contributed by atoms with Gasteiger partial charge in [0.2, 0.25) is 0 Å². The Labute approximate surface area is 112 Å². The molecule has 1 aromatic carbocycles. The van der Waals surface area contributed by atoms with Crippen LogP contribution < -0.4 is 4.90 Å². The van der Waals surface area contributed by atoms with Crippen LogP contribution in [0.15, 0.2) is 24.3 Å². The van der Waals surface area contributed by atoms with Gasteiger partial charge in [0.1, 0.15) is 6.04 Å². The minimum Gasteiger partial charge on any atom is -0.328 e. The normalized spacial score (nSPS) is 16.1. The van der Waals surface area contributed by atoms with Crippen LogP contribution in [0.3, 0.4) is 0 Å². The van der Waals surface area contributed by atoms with Crippen molar-refractivity contribution in [3.63, 3.8) is 0 Å². The van der Waals surface area contributed by atoms with Crippen LogP contribution in [-0.4, -0.2) is 18.6 Å². The van der Waals surface area contributed by atoms with Gasteiger partial charge < -0.3 is 4.90 Å². The Bertz CT molecular complexity index is 537. The molecular formula is C14H18N3S+. The third kappa shape index (κ3) is 2.69. The second kappa shape index (κ2) is 5.47. The highest BCUT2D eigenvalue weighted by Gasteiger charge is 2.21. The summed E-state index contributed by atoms with van der Waals surface area (Å²) in [5.41, 5.74) is 1.07. The van der Waals surface area contributed by atoms with E-state index < -0.39 is 0 Å². The molecule has 3 nitrogen and oxygen atoms in total. The minimum atomic E-state index is 0.0850. The number of rotatable bonds is 4. The number of fused-ring (bicyclic) bond motifs is 1. The summed E-state index contributed by atoms with van der Waals surface area (Å²) in [6.07, 6.45) is 0. The van der Waals surface area contributed by atoms with Crippen molar-refractivity contribution in [2.24, 2.45) is 5.92 Å². The first-order valence-corrected chi connectivity index (χ1v) is 7.01. The predicted octanol–water partition coefficient (Wildman–Crippen LogP) is 2.03. The number of hydrogen-bond donors (Lipinski definition) is 1.